The van der Waals surface area contributed by atoms with Crippen molar-refractivity contribution in [1.82, 2.24) is 10.2 Å². The van der Waals surface area contributed by atoms with Gasteiger partial charge in [0.2, 0.25) is 11.8 Å². The van der Waals surface area contributed by atoms with Crippen molar-refractivity contribution in [2.75, 3.05) is 7.05 Å². The molecule has 5 atom stereocenters. The van der Waals surface area contributed by atoms with E-state index in [2.05, 4.69) is 24.4 Å². The van der Waals surface area contributed by atoms with E-state index >= 15 is 0 Å². The molecule has 3 aliphatic rings. The highest BCUT2D eigenvalue weighted by Crippen LogP contribution is 2.44. The van der Waals surface area contributed by atoms with E-state index in [-0.39, 0.29) is 17.9 Å². The second-order valence-corrected chi connectivity index (χ2v) is 6.28. The van der Waals surface area contributed by atoms with Crippen LogP contribution in [0.5, 0.6) is 0 Å². The number of carbonyl (C=O) groups excluding carboxylic acids is 2. The maximum absolute atomic E-state index is 12.1. The maximum atomic E-state index is 12.1. The Kier molecular flexibility index (Phi) is 3.21. The van der Waals surface area contributed by atoms with Crippen molar-refractivity contribution in [2.45, 2.75) is 44.7 Å². The fourth-order valence-electron chi connectivity index (χ4n) is 3.91. The Hall–Kier alpha value is -1.16. The molecular weight excluding hydrogens is 240 g/mol. The molecule has 1 heterocycles. The van der Waals surface area contributed by atoms with E-state index < -0.39 is 0 Å². The lowest BCUT2D eigenvalue weighted by molar-refractivity contribution is -0.148. The number of hydrogen-bond donors (Lipinski definition) is 1. The summed E-state index contributed by atoms with van der Waals surface area (Å²) in [7, 11) is 1.59. The highest BCUT2D eigenvalue weighted by molar-refractivity contribution is 6.00. The van der Waals surface area contributed by atoms with Crippen LogP contribution in [-0.2, 0) is 9.59 Å². The molecular formula is C15H22N2O2. The minimum atomic E-state index is -0.180. The number of fused-ring (bicyclic) bond motifs is 2. The van der Waals surface area contributed by atoms with Crippen LogP contribution in [0, 0.1) is 17.8 Å². The van der Waals surface area contributed by atoms with Gasteiger partial charge in [0.1, 0.15) is 0 Å². The van der Waals surface area contributed by atoms with Gasteiger partial charge in [-0.3, -0.25) is 14.5 Å². The molecule has 2 aliphatic carbocycles. The average Bonchev–Trinajstić information content (AvgIpc) is 3.02. The fraction of sp³-hybridized carbons (Fsp3) is 0.733. The molecule has 0 aromatic heterocycles. The van der Waals surface area contributed by atoms with Crippen molar-refractivity contribution in [1.29, 1.82) is 0 Å². The van der Waals surface area contributed by atoms with E-state index in [1.165, 1.54) is 17.7 Å². The summed E-state index contributed by atoms with van der Waals surface area (Å²) in [5.74, 6) is 1.96. The highest BCUT2D eigenvalue weighted by atomic mass is 16.2. The van der Waals surface area contributed by atoms with Crippen molar-refractivity contribution >= 4 is 11.8 Å². The third-order valence-corrected chi connectivity index (χ3v) is 5.09. The van der Waals surface area contributed by atoms with E-state index in [0.717, 1.165) is 5.92 Å². The van der Waals surface area contributed by atoms with E-state index in [1.807, 2.05) is 0 Å². The Balaban J connectivity index is 1.61. The third kappa shape index (κ3) is 2.22. The van der Waals surface area contributed by atoms with Gasteiger partial charge in [-0.05, 0) is 43.9 Å². The summed E-state index contributed by atoms with van der Waals surface area (Å²) in [5.41, 5.74) is 0. The van der Waals surface area contributed by atoms with Gasteiger partial charge in [-0.25, -0.2) is 0 Å². The topological polar surface area (TPSA) is 49.4 Å². The molecule has 2 fully saturated rings. The van der Waals surface area contributed by atoms with E-state index in [1.54, 1.807) is 7.05 Å². The number of likely N-dealkylation sites (N-methyl/N-ethyl adjacent to an activating group) is 1. The van der Waals surface area contributed by atoms with Gasteiger partial charge >= 0.3 is 0 Å². The van der Waals surface area contributed by atoms with Gasteiger partial charge in [0.25, 0.3) is 0 Å². The molecule has 0 aromatic carbocycles. The monoisotopic (exact) mass is 262 g/mol. The van der Waals surface area contributed by atoms with Gasteiger partial charge in [-0.15, -0.1) is 0 Å². The minimum absolute atomic E-state index is 0.0569. The molecule has 19 heavy (non-hydrogen) atoms. The number of hydrogen-bond acceptors (Lipinski definition) is 3. The lowest BCUT2D eigenvalue weighted by atomic mass is 9.87. The Morgan fingerprint density at radius 2 is 2.11 bits per heavy atom. The van der Waals surface area contributed by atoms with E-state index in [4.69, 9.17) is 0 Å². The Labute approximate surface area is 114 Å². The van der Waals surface area contributed by atoms with Crippen LogP contribution in [0.3, 0.4) is 0 Å². The fourth-order valence-corrected chi connectivity index (χ4v) is 3.91. The normalized spacial score (nSPS) is 39.2. The van der Waals surface area contributed by atoms with Crippen LogP contribution >= 0.6 is 0 Å². The van der Waals surface area contributed by atoms with Crippen LogP contribution in [0.1, 0.15) is 32.6 Å². The molecule has 0 aromatic rings. The van der Waals surface area contributed by atoms with Crippen molar-refractivity contribution < 1.29 is 9.59 Å². The zero-order valence-corrected chi connectivity index (χ0v) is 11.6. The van der Waals surface area contributed by atoms with Gasteiger partial charge in [0, 0.05) is 19.5 Å². The number of rotatable bonds is 3. The molecule has 3 rings (SSSR count). The third-order valence-electron chi connectivity index (χ3n) is 5.09. The summed E-state index contributed by atoms with van der Waals surface area (Å²) < 4.78 is 0. The Morgan fingerprint density at radius 3 is 2.74 bits per heavy atom. The van der Waals surface area contributed by atoms with Crippen LogP contribution in [0.25, 0.3) is 0 Å². The summed E-state index contributed by atoms with van der Waals surface area (Å²) in [4.78, 5) is 24.8. The molecule has 2 bridgehead atoms. The molecule has 1 saturated heterocycles. The number of nitrogens with one attached hydrogen (secondary N) is 1. The van der Waals surface area contributed by atoms with Crippen molar-refractivity contribution in [3.8, 4) is 0 Å². The van der Waals surface area contributed by atoms with Crippen LogP contribution in [0.15, 0.2) is 12.2 Å². The highest BCUT2D eigenvalue weighted by Gasteiger charge is 2.40. The number of piperidine rings is 1. The first-order chi connectivity index (χ1) is 9.06. The van der Waals surface area contributed by atoms with Gasteiger partial charge in [0.05, 0.1) is 6.04 Å². The molecule has 4 heteroatoms. The molecule has 0 radical (unpaired) electrons. The number of amides is 2. The standard InChI is InChI=1S/C15H22N2O2/c1-9(12-8-10-3-4-11(12)7-10)16-13-5-6-14(18)17(2)15(13)19/h3-4,9-13,16H,5-8H2,1-2H3. The van der Waals surface area contributed by atoms with E-state index in [0.29, 0.717) is 30.7 Å². The van der Waals surface area contributed by atoms with Crippen LogP contribution in [0.4, 0.5) is 0 Å². The first-order valence-electron chi connectivity index (χ1n) is 7.31. The molecule has 1 saturated carbocycles. The summed E-state index contributed by atoms with van der Waals surface area (Å²) >= 11 is 0. The van der Waals surface area contributed by atoms with Crippen molar-refractivity contribution in [3.63, 3.8) is 0 Å². The Bertz CT molecular complexity index is 432. The van der Waals surface area contributed by atoms with Gasteiger partial charge in [-0.2, -0.15) is 0 Å². The van der Waals surface area contributed by atoms with Crippen molar-refractivity contribution in [2.24, 2.45) is 17.8 Å². The largest absolute Gasteiger partial charge is 0.303 e. The average molecular weight is 262 g/mol. The predicted octanol–water partition coefficient (Wildman–Crippen LogP) is 1.32. The van der Waals surface area contributed by atoms with Crippen molar-refractivity contribution in [3.05, 3.63) is 12.2 Å². The molecule has 5 unspecified atom stereocenters. The molecule has 2 amide bonds. The molecule has 0 spiro atoms. The number of likely N-dealkylation sites (tertiary alicyclic amines) is 1. The first kappa shape index (κ1) is 12.9. The van der Waals surface area contributed by atoms with Gasteiger partial charge < -0.3 is 5.32 Å². The Morgan fingerprint density at radius 1 is 1.32 bits per heavy atom. The van der Waals surface area contributed by atoms with Crippen LogP contribution in [-0.4, -0.2) is 35.8 Å². The van der Waals surface area contributed by atoms with Gasteiger partial charge in [-0.1, -0.05) is 12.2 Å². The predicted molar refractivity (Wildman–Crippen MR) is 72.2 cm³/mol. The second kappa shape index (κ2) is 4.75. The summed E-state index contributed by atoms with van der Waals surface area (Å²) in [6, 6.07) is 0.163. The smallest absolute Gasteiger partial charge is 0.246 e. The lowest BCUT2D eigenvalue weighted by Crippen LogP contribution is -2.54. The van der Waals surface area contributed by atoms with Crippen LogP contribution < -0.4 is 5.32 Å². The molecule has 1 aliphatic heterocycles. The molecule has 4 nitrogen and oxygen atoms in total. The SMILES string of the molecule is CC(NC1CCC(=O)N(C)C1=O)C1CC2C=CC1C2. The lowest BCUT2D eigenvalue weighted by Gasteiger charge is -2.33. The van der Waals surface area contributed by atoms with Crippen LogP contribution in [0.2, 0.25) is 0 Å². The zero-order valence-electron chi connectivity index (χ0n) is 11.6. The number of carbonyl (C=O) groups is 2. The summed E-state index contributed by atoms with van der Waals surface area (Å²) in [5, 5.41) is 3.47. The summed E-state index contributed by atoms with van der Waals surface area (Å²) in [6.07, 6.45) is 8.33. The minimum Gasteiger partial charge on any atom is -0.303 e. The number of allylic oxidation sites excluding steroid dienone is 2. The summed E-state index contributed by atoms with van der Waals surface area (Å²) in [6.45, 7) is 2.18. The number of nitrogens with zero attached hydrogens (tertiary/aromatic N) is 1. The molecule has 1 N–H and O–H groups in total. The molecule has 104 valence electrons. The van der Waals surface area contributed by atoms with Gasteiger partial charge in [0.15, 0.2) is 0 Å². The quantitative estimate of drug-likeness (QED) is 0.616. The number of imide groups is 1. The zero-order chi connectivity index (χ0) is 13.6. The van der Waals surface area contributed by atoms with E-state index in [9.17, 15) is 9.59 Å². The second-order valence-electron chi connectivity index (χ2n) is 6.28. The first-order valence-corrected chi connectivity index (χ1v) is 7.31. The maximum Gasteiger partial charge on any atom is 0.246 e.